The van der Waals surface area contributed by atoms with Crippen LogP contribution >= 0.6 is 0 Å². The van der Waals surface area contributed by atoms with Gasteiger partial charge in [0.25, 0.3) is 11.6 Å². The third-order valence-electron chi connectivity index (χ3n) is 5.04. The number of quaternary nitrogens is 1. The van der Waals surface area contributed by atoms with E-state index < -0.39 is 0 Å². The smallest absolute Gasteiger partial charge is 0.282 e. The van der Waals surface area contributed by atoms with Gasteiger partial charge in [-0.2, -0.15) is 4.98 Å². The zero-order valence-corrected chi connectivity index (χ0v) is 15.7. The van der Waals surface area contributed by atoms with Gasteiger partial charge in [0, 0.05) is 23.4 Å². The molecule has 0 atom stereocenters. The summed E-state index contributed by atoms with van der Waals surface area (Å²) in [4.78, 5) is 18.6. The Kier molecular flexibility index (Phi) is 5.03. The summed E-state index contributed by atoms with van der Waals surface area (Å²) in [7, 11) is 0. The Morgan fingerprint density at radius 3 is 2.61 bits per heavy atom. The average molecular weight is 380 g/mol. The molecule has 8 heteroatoms. The minimum Gasteiger partial charge on any atom is -0.360 e. The van der Waals surface area contributed by atoms with Crippen LogP contribution in [0.4, 0.5) is 11.4 Å². The second kappa shape index (κ2) is 7.77. The van der Waals surface area contributed by atoms with Gasteiger partial charge in [-0.3, -0.25) is 10.1 Å². The van der Waals surface area contributed by atoms with Gasteiger partial charge in [0.2, 0.25) is 5.82 Å². The fourth-order valence-corrected chi connectivity index (χ4v) is 3.49. The normalized spacial score (nSPS) is 15.0. The van der Waals surface area contributed by atoms with Crippen LogP contribution in [0.2, 0.25) is 0 Å². The number of non-ortho nitro benzene ring substituents is 1. The largest absolute Gasteiger partial charge is 0.360 e. The highest BCUT2D eigenvalue weighted by molar-refractivity contribution is 5.55. The molecular weight excluding hydrogens is 358 g/mol. The predicted molar refractivity (Wildman–Crippen MR) is 104 cm³/mol. The van der Waals surface area contributed by atoms with Gasteiger partial charge in [0.05, 0.1) is 31.1 Å². The van der Waals surface area contributed by atoms with E-state index in [1.165, 1.54) is 4.90 Å². The first-order valence-electron chi connectivity index (χ1n) is 9.31. The first kappa shape index (κ1) is 18.1. The molecule has 0 amide bonds. The van der Waals surface area contributed by atoms with Crippen LogP contribution < -0.4 is 9.80 Å². The summed E-state index contributed by atoms with van der Waals surface area (Å²) in [6.45, 7) is 6.39. The number of hydrogen-bond donors (Lipinski definition) is 1. The summed E-state index contributed by atoms with van der Waals surface area (Å²) in [6, 6.07) is 14.8. The fourth-order valence-electron chi connectivity index (χ4n) is 3.49. The van der Waals surface area contributed by atoms with E-state index >= 15 is 0 Å². The van der Waals surface area contributed by atoms with E-state index in [1.807, 2.05) is 43.3 Å². The summed E-state index contributed by atoms with van der Waals surface area (Å²) in [6.07, 6.45) is 0. The molecule has 0 spiro atoms. The molecule has 0 aliphatic carbocycles. The van der Waals surface area contributed by atoms with Crippen molar-refractivity contribution < 1.29 is 14.3 Å². The van der Waals surface area contributed by atoms with Crippen LogP contribution in [0.25, 0.3) is 11.4 Å². The minimum absolute atomic E-state index is 0.119. The maximum Gasteiger partial charge on any atom is 0.282 e. The number of piperazine rings is 1. The van der Waals surface area contributed by atoms with Crippen molar-refractivity contribution >= 4 is 11.4 Å². The lowest BCUT2D eigenvalue weighted by atomic mass is 10.1. The Bertz CT molecular complexity index is 962. The van der Waals surface area contributed by atoms with E-state index in [2.05, 4.69) is 15.0 Å². The topological polar surface area (TPSA) is 89.7 Å². The zero-order chi connectivity index (χ0) is 19.5. The van der Waals surface area contributed by atoms with Gasteiger partial charge in [-0.05, 0) is 25.1 Å². The number of nitro groups is 1. The van der Waals surface area contributed by atoms with Crippen LogP contribution in [0.15, 0.2) is 53.1 Å². The Labute approximate surface area is 162 Å². The molecule has 1 aromatic heterocycles. The molecule has 1 N–H and O–H groups in total. The maximum atomic E-state index is 10.8. The maximum absolute atomic E-state index is 10.8. The summed E-state index contributed by atoms with van der Waals surface area (Å²) < 4.78 is 5.45. The lowest BCUT2D eigenvalue weighted by Gasteiger charge is -2.32. The van der Waals surface area contributed by atoms with Crippen molar-refractivity contribution in [2.45, 2.75) is 13.5 Å². The third-order valence-corrected chi connectivity index (χ3v) is 5.04. The highest BCUT2D eigenvalue weighted by atomic mass is 16.6. The van der Waals surface area contributed by atoms with Crippen LogP contribution in [-0.2, 0) is 6.54 Å². The molecule has 28 heavy (non-hydrogen) atoms. The van der Waals surface area contributed by atoms with Gasteiger partial charge >= 0.3 is 0 Å². The van der Waals surface area contributed by atoms with Gasteiger partial charge in [-0.15, -0.1) is 0 Å². The van der Waals surface area contributed by atoms with Crippen LogP contribution in [0.5, 0.6) is 0 Å². The highest BCUT2D eigenvalue weighted by Gasteiger charge is 2.23. The van der Waals surface area contributed by atoms with E-state index in [-0.39, 0.29) is 10.6 Å². The Morgan fingerprint density at radius 2 is 1.93 bits per heavy atom. The highest BCUT2D eigenvalue weighted by Crippen LogP contribution is 2.19. The average Bonchev–Trinajstić information content (AvgIpc) is 3.17. The first-order valence-corrected chi connectivity index (χ1v) is 9.31. The van der Waals surface area contributed by atoms with Crippen molar-refractivity contribution in [1.29, 1.82) is 0 Å². The molecule has 2 aromatic carbocycles. The number of rotatable bonds is 5. The van der Waals surface area contributed by atoms with E-state index in [0.717, 1.165) is 43.0 Å². The van der Waals surface area contributed by atoms with Crippen LogP contribution in [0, 0.1) is 17.0 Å². The quantitative estimate of drug-likeness (QED) is 0.537. The molecule has 1 fully saturated rings. The molecule has 0 unspecified atom stereocenters. The molecule has 4 rings (SSSR count). The van der Waals surface area contributed by atoms with Crippen LogP contribution in [-0.4, -0.2) is 41.2 Å². The summed E-state index contributed by atoms with van der Waals surface area (Å²) in [5.41, 5.74) is 3.27. The molecule has 1 aliphatic rings. The number of hydrogen-bond acceptors (Lipinski definition) is 6. The Balaban J connectivity index is 1.34. The van der Waals surface area contributed by atoms with E-state index in [0.29, 0.717) is 18.3 Å². The number of nitrogens with one attached hydrogen (secondary N) is 1. The lowest BCUT2D eigenvalue weighted by molar-refractivity contribution is -0.915. The molecule has 0 bridgehead atoms. The summed E-state index contributed by atoms with van der Waals surface area (Å²) in [5, 5.41) is 14.9. The third kappa shape index (κ3) is 4.01. The molecule has 0 saturated carbocycles. The number of anilines is 1. The SMILES string of the molecule is Cc1cccc(-c2noc(C[NH+]3CCN(c4ccc([N+](=O)[O-])cc4)CC3)n2)c1. The molecule has 1 saturated heterocycles. The summed E-state index contributed by atoms with van der Waals surface area (Å²) >= 11 is 0. The van der Waals surface area contributed by atoms with Crippen LogP contribution in [0.3, 0.4) is 0 Å². The van der Waals surface area contributed by atoms with E-state index in [1.54, 1.807) is 12.1 Å². The zero-order valence-electron chi connectivity index (χ0n) is 15.7. The predicted octanol–water partition coefficient (Wildman–Crippen LogP) is 1.86. The van der Waals surface area contributed by atoms with Crippen LogP contribution in [0.1, 0.15) is 11.5 Å². The van der Waals surface area contributed by atoms with Crippen molar-refractivity contribution in [2.24, 2.45) is 0 Å². The first-order chi connectivity index (χ1) is 13.6. The van der Waals surface area contributed by atoms with Crippen molar-refractivity contribution in [3.05, 3.63) is 70.1 Å². The molecule has 1 aliphatic heterocycles. The second-order valence-corrected chi connectivity index (χ2v) is 7.07. The number of nitro benzene ring substituents is 1. The minimum atomic E-state index is -0.374. The van der Waals surface area contributed by atoms with Crippen molar-refractivity contribution in [3.63, 3.8) is 0 Å². The number of benzene rings is 2. The van der Waals surface area contributed by atoms with Crippen molar-refractivity contribution in [1.82, 2.24) is 10.1 Å². The molecule has 0 radical (unpaired) electrons. The Morgan fingerprint density at radius 1 is 1.18 bits per heavy atom. The number of nitrogens with zero attached hydrogens (tertiary/aromatic N) is 4. The van der Waals surface area contributed by atoms with Gasteiger partial charge in [-0.25, -0.2) is 0 Å². The molecule has 3 aromatic rings. The van der Waals surface area contributed by atoms with Crippen molar-refractivity contribution in [2.75, 3.05) is 31.1 Å². The second-order valence-electron chi connectivity index (χ2n) is 7.07. The molecular formula is C20H22N5O3+. The number of aromatic nitrogens is 2. The van der Waals surface area contributed by atoms with Gasteiger partial charge in [0.1, 0.15) is 0 Å². The molecule has 2 heterocycles. The molecule has 8 nitrogen and oxygen atoms in total. The summed E-state index contributed by atoms with van der Waals surface area (Å²) in [5.74, 6) is 1.28. The standard InChI is InChI=1S/C20H21N5O3/c1-15-3-2-4-16(13-15)20-21-19(28-22-20)14-23-9-11-24(12-10-23)17-5-7-18(8-6-17)25(26)27/h2-8,13H,9-12,14H2,1H3/p+1. The van der Waals surface area contributed by atoms with Gasteiger partial charge in [0.15, 0.2) is 6.54 Å². The number of aryl methyl sites for hydroxylation is 1. The lowest BCUT2D eigenvalue weighted by Crippen LogP contribution is -3.13. The molecule has 144 valence electrons. The Hall–Kier alpha value is -3.26. The monoisotopic (exact) mass is 380 g/mol. The van der Waals surface area contributed by atoms with Gasteiger partial charge in [-0.1, -0.05) is 28.9 Å². The fraction of sp³-hybridized carbons (Fsp3) is 0.300. The van der Waals surface area contributed by atoms with E-state index in [4.69, 9.17) is 4.52 Å². The van der Waals surface area contributed by atoms with Crippen molar-refractivity contribution in [3.8, 4) is 11.4 Å². The van der Waals surface area contributed by atoms with Gasteiger partial charge < -0.3 is 14.3 Å². The van der Waals surface area contributed by atoms with E-state index in [9.17, 15) is 10.1 Å².